The maximum absolute atomic E-state index is 12.6. The molecule has 29 heavy (non-hydrogen) atoms. The topological polar surface area (TPSA) is 71.3 Å². The first-order valence-electron chi connectivity index (χ1n) is 8.62. The van der Waals surface area contributed by atoms with Gasteiger partial charge in [0.25, 0.3) is 5.91 Å². The van der Waals surface area contributed by atoms with E-state index in [2.05, 4.69) is 27.2 Å². The molecule has 7 heteroatoms. The number of nitrogens with one attached hydrogen (secondary N) is 1. The molecule has 1 amide bonds. The number of ether oxygens (including phenoxy) is 2. The third kappa shape index (κ3) is 5.77. The number of amides is 1. The molecule has 0 aromatic heterocycles. The largest absolute Gasteiger partial charge is 0.490 e. The van der Waals surface area contributed by atoms with Crippen LogP contribution in [0.4, 0.5) is 5.69 Å². The van der Waals surface area contributed by atoms with Gasteiger partial charge in [-0.3, -0.25) is 4.79 Å². The number of hydrogen-bond acceptors (Lipinski definition) is 4. The van der Waals surface area contributed by atoms with Gasteiger partial charge in [-0.15, -0.1) is 6.42 Å². The molecule has 148 valence electrons. The summed E-state index contributed by atoms with van der Waals surface area (Å²) >= 11 is 9.51. The van der Waals surface area contributed by atoms with Gasteiger partial charge in [0.05, 0.1) is 6.61 Å². The first kappa shape index (κ1) is 22.4. The molecule has 0 bridgehead atoms. The van der Waals surface area contributed by atoms with Crippen LogP contribution in [0, 0.1) is 30.6 Å². The van der Waals surface area contributed by atoms with Crippen LogP contribution in [0.1, 0.15) is 18.1 Å². The van der Waals surface area contributed by atoms with Crippen LogP contribution in [0.3, 0.4) is 0 Å². The number of nitrogens with zero attached hydrogens (tertiary/aromatic N) is 1. The van der Waals surface area contributed by atoms with Gasteiger partial charge < -0.3 is 14.8 Å². The van der Waals surface area contributed by atoms with Crippen LogP contribution in [-0.2, 0) is 4.79 Å². The van der Waals surface area contributed by atoms with E-state index in [4.69, 9.17) is 27.5 Å². The lowest BCUT2D eigenvalue weighted by Gasteiger charge is -2.13. The number of carbonyl (C=O) groups excluding carboxylic acids is 1. The minimum atomic E-state index is -0.546. The quantitative estimate of drug-likeness (QED) is 0.333. The number of benzene rings is 2. The SMILES string of the molecule is C#CCOc1cc(Br)c(/C=C(\C#N)C(=O)Nc2cccc(Cl)c2C)cc1OCC. The van der Waals surface area contributed by atoms with Crippen LogP contribution in [-0.4, -0.2) is 19.1 Å². The molecule has 5 nitrogen and oxygen atoms in total. The fourth-order valence-electron chi connectivity index (χ4n) is 2.40. The van der Waals surface area contributed by atoms with Crippen LogP contribution in [0.5, 0.6) is 11.5 Å². The molecule has 0 aliphatic rings. The van der Waals surface area contributed by atoms with Gasteiger partial charge in [0, 0.05) is 15.2 Å². The highest BCUT2D eigenvalue weighted by molar-refractivity contribution is 9.10. The average Bonchev–Trinajstić information content (AvgIpc) is 2.70. The second kappa shape index (κ2) is 10.6. The van der Waals surface area contributed by atoms with Crippen LogP contribution in [0.2, 0.25) is 5.02 Å². The van der Waals surface area contributed by atoms with Crippen molar-refractivity contribution in [1.29, 1.82) is 5.26 Å². The van der Waals surface area contributed by atoms with Crippen molar-refractivity contribution in [3.05, 3.63) is 56.5 Å². The molecular formula is C22H18BrClN2O3. The molecule has 0 radical (unpaired) electrons. The lowest BCUT2D eigenvalue weighted by atomic mass is 10.1. The van der Waals surface area contributed by atoms with E-state index < -0.39 is 5.91 Å². The van der Waals surface area contributed by atoms with E-state index in [1.165, 1.54) is 6.08 Å². The van der Waals surface area contributed by atoms with E-state index >= 15 is 0 Å². The summed E-state index contributed by atoms with van der Waals surface area (Å²) in [7, 11) is 0. The van der Waals surface area contributed by atoms with Crippen molar-refractivity contribution in [2.24, 2.45) is 0 Å². The Morgan fingerprint density at radius 1 is 1.34 bits per heavy atom. The smallest absolute Gasteiger partial charge is 0.266 e. The number of terminal acetylenes is 1. The predicted octanol–water partition coefficient (Wildman–Crippen LogP) is 5.37. The Kier molecular flexibility index (Phi) is 8.15. The Labute approximate surface area is 183 Å². The summed E-state index contributed by atoms with van der Waals surface area (Å²) in [4.78, 5) is 12.6. The summed E-state index contributed by atoms with van der Waals surface area (Å²) in [6.45, 7) is 4.13. The molecule has 0 atom stereocenters. The summed E-state index contributed by atoms with van der Waals surface area (Å²) in [5, 5.41) is 12.7. The number of hydrogen-bond donors (Lipinski definition) is 1. The minimum Gasteiger partial charge on any atom is -0.490 e. The van der Waals surface area contributed by atoms with Crippen molar-refractivity contribution in [2.45, 2.75) is 13.8 Å². The van der Waals surface area contributed by atoms with E-state index in [9.17, 15) is 10.1 Å². The molecule has 0 unspecified atom stereocenters. The molecule has 2 aromatic carbocycles. The summed E-state index contributed by atoms with van der Waals surface area (Å²) < 4.78 is 11.7. The normalized spacial score (nSPS) is 10.6. The molecule has 0 saturated carbocycles. The van der Waals surface area contributed by atoms with E-state index in [-0.39, 0.29) is 12.2 Å². The third-order valence-corrected chi connectivity index (χ3v) is 4.95. The fraction of sp³-hybridized carbons (Fsp3) is 0.182. The molecule has 0 fully saturated rings. The zero-order chi connectivity index (χ0) is 21.4. The van der Waals surface area contributed by atoms with Gasteiger partial charge in [-0.1, -0.05) is 39.5 Å². The number of nitriles is 1. The summed E-state index contributed by atoms with van der Waals surface area (Å²) in [6.07, 6.45) is 6.71. The lowest BCUT2D eigenvalue weighted by molar-refractivity contribution is -0.112. The first-order chi connectivity index (χ1) is 13.9. The summed E-state index contributed by atoms with van der Waals surface area (Å²) in [5.41, 5.74) is 1.76. The van der Waals surface area contributed by atoms with E-state index in [1.54, 1.807) is 37.3 Å². The van der Waals surface area contributed by atoms with Crippen molar-refractivity contribution < 1.29 is 14.3 Å². The first-order valence-corrected chi connectivity index (χ1v) is 9.79. The Balaban J connectivity index is 2.37. The van der Waals surface area contributed by atoms with Gasteiger partial charge in [-0.25, -0.2) is 0 Å². The zero-order valence-corrected chi connectivity index (χ0v) is 18.2. The van der Waals surface area contributed by atoms with Crippen molar-refractivity contribution in [1.82, 2.24) is 0 Å². The number of rotatable bonds is 7. The van der Waals surface area contributed by atoms with E-state index in [0.29, 0.717) is 38.9 Å². The lowest BCUT2D eigenvalue weighted by Crippen LogP contribution is -2.14. The third-order valence-electron chi connectivity index (χ3n) is 3.85. The van der Waals surface area contributed by atoms with Crippen LogP contribution < -0.4 is 14.8 Å². The van der Waals surface area contributed by atoms with Crippen molar-refractivity contribution in [3.8, 4) is 29.9 Å². The molecular weight excluding hydrogens is 456 g/mol. The molecule has 0 aliphatic heterocycles. The molecule has 0 aliphatic carbocycles. The highest BCUT2D eigenvalue weighted by atomic mass is 79.9. The number of halogens is 2. The van der Waals surface area contributed by atoms with Gasteiger partial charge in [0.2, 0.25) is 0 Å². The minimum absolute atomic E-state index is 0.0789. The van der Waals surface area contributed by atoms with Gasteiger partial charge in [0.1, 0.15) is 18.2 Å². The average molecular weight is 474 g/mol. The maximum atomic E-state index is 12.6. The Hall–Kier alpha value is -2.93. The van der Waals surface area contributed by atoms with Gasteiger partial charge in [-0.05, 0) is 55.3 Å². The summed E-state index contributed by atoms with van der Waals surface area (Å²) in [6, 6.07) is 10.5. The predicted molar refractivity (Wildman–Crippen MR) is 118 cm³/mol. The fourth-order valence-corrected chi connectivity index (χ4v) is 3.01. The molecule has 2 aromatic rings. The van der Waals surface area contributed by atoms with Crippen molar-refractivity contribution >= 4 is 45.2 Å². The van der Waals surface area contributed by atoms with Crippen LogP contribution in [0.25, 0.3) is 6.08 Å². The maximum Gasteiger partial charge on any atom is 0.266 e. The zero-order valence-electron chi connectivity index (χ0n) is 15.9. The van der Waals surface area contributed by atoms with E-state index in [0.717, 1.165) is 5.56 Å². The molecule has 2 rings (SSSR count). The monoisotopic (exact) mass is 472 g/mol. The standard InChI is InChI=1S/C22H18BrClN2O3/c1-4-9-29-21-12-17(23)15(11-20(21)28-5-2)10-16(13-25)22(27)26-19-8-6-7-18(24)14(19)3/h1,6-8,10-12H,5,9H2,2-3H3,(H,26,27)/b16-10+. The van der Waals surface area contributed by atoms with Crippen LogP contribution in [0.15, 0.2) is 40.4 Å². The Morgan fingerprint density at radius 2 is 2.07 bits per heavy atom. The molecule has 0 heterocycles. The van der Waals surface area contributed by atoms with Gasteiger partial charge >= 0.3 is 0 Å². The molecule has 0 saturated heterocycles. The molecule has 1 N–H and O–H groups in total. The Bertz CT molecular complexity index is 1040. The van der Waals surface area contributed by atoms with Gasteiger partial charge in [-0.2, -0.15) is 5.26 Å². The highest BCUT2D eigenvalue weighted by Crippen LogP contribution is 2.35. The van der Waals surface area contributed by atoms with Gasteiger partial charge in [0.15, 0.2) is 11.5 Å². The summed E-state index contributed by atoms with van der Waals surface area (Å²) in [5.74, 6) is 2.77. The highest BCUT2D eigenvalue weighted by Gasteiger charge is 2.15. The Morgan fingerprint density at radius 3 is 2.72 bits per heavy atom. The van der Waals surface area contributed by atoms with Crippen molar-refractivity contribution in [3.63, 3.8) is 0 Å². The number of carbonyl (C=O) groups is 1. The van der Waals surface area contributed by atoms with Crippen molar-refractivity contribution in [2.75, 3.05) is 18.5 Å². The molecule has 0 spiro atoms. The van der Waals surface area contributed by atoms with Crippen LogP contribution >= 0.6 is 27.5 Å². The second-order valence-electron chi connectivity index (χ2n) is 5.78. The van der Waals surface area contributed by atoms with E-state index in [1.807, 2.05) is 13.0 Å². The number of anilines is 1. The second-order valence-corrected chi connectivity index (χ2v) is 7.04.